The average molecular weight is 835 g/mol. The molecule has 10 heteroatoms. The lowest BCUT2D eigenvalue weighted by Gasteiger charge is -2.30. The maximum absolute atomic E-state index is 13.5. The molecule has 328 valence electrons. The molecule has 3 aromatic carbocycles. The Morgan fingerprint density at radius 3 is 1.62 bits per heavy atom. The molecule has 0 radical (unpaired) electrons. The smallest absolute Gasteiger partial charge is 0.235 e. The van der Waals surface area contributed by atoms with Crippen LogP contribution in [0.1, 0.15) is 106 Å². The van der Waals surface area contributed by atoms with Crippen molar-refractivity contribution in [1.29, 1.82) is 0 Å². The maximum atomic E-state index is 13.5. The Labute approximate surface area is 362 Å². The minimum atomic E-state index is -2.96. The molecular formula is C51H66N2O8. The Morgan fingerprint density at radius 2 is 1.16 bits per heavy atom. The van der Waals surface area contributed by atoms with Gasteiger partial charge in [-0.3, -0.25) is 9.59 Å². The number of hydrogen-bond acceptors (Lipinski definition) is 10. The SMILES string of the molecule is C=CCCCOC1CCC(COc2ccc(C=CC(=O)CC(c3ccc(N)cc3N)C(O)(O)C(=O)C=Cc3ccc(OCC4CCC(OCCCC=C)CC4)cc3)cc2)CC1. The molecule has 2 aliphatic rings. The number of aliphatic hydroxyl groups is 2. The largest absolute Gasteiger partial charge is 0.493 e. The molecule has 1 atom stereocenters. The molecule has 0 spiro atoms. The first-order valence-electron chi connectivity index (χ1n) is 22.0. The molecule has 2 saturated carbocycles. The second-order valence-corrected chi connectivity index (χ2v) is 16.5. The van der Waals surface area contributed by atoms with Crippen LogP contribution in [0, 0.1) is 11.8 Å². The van der Waals surface area contributed by atoms with Crippen molar-refractivity contribution in [3.63, 3.8) is 0 Å². The van der Waals surface area contributed by atoms with Crippen LogP contribution in [0.3, 0.4) is 0 Å². The maximum Gasteiger partial charge on any atom is 0.235 e. The van der Waals surface area contributed by atoms with E-state index in [1.54, 1.807) is 24.3 Å². The fourth-order valence-corrected chi connectivity index (χ4v) is 7.97. The highest BCUT2D eigenvalue weighted by Gasteiger charge is 2.43. The number of nitrogens with two attached hydrogens (primary N) is 2. The monoisotopic (exact) mass is 834 g/mol. The van der Waals surface area contributed by atoms with Crippen LogP contribution in [0.2, 0.25) is 0 Å². The van der Waals surface area contributed by atoms with E-state index < -0.39 is 29.7 Å². The minimum Gasteiger partial charge on any atom is -0.493 e. The van der Waals surface area contributed by atoms with E-state index in [2.05, 4.69) is 13.2 Å². The number of benzene rings is 3. The van der Waals surface area contributed by atoms with Crippen LogP contribution in [0.25, 0.3) is 12.2 Å². The summed E-state index contributed by atoms with van der Waals surface area (Å²) < 4.78 is 24.2. The van der Waals surface area contributed by atoms with Crippen molar-refractivity contribution in [2.45, 2.75) is 107 Å². The van der Waals surface area contributed by atoms with E-state index in [9.17, 15) is 19.8 Å². The fourth-order valence-electron chi connectivity index (χ4n) is 7.97. The van der Waals surface area contributed by atoms with Gasteiger partial charge in [0.2, 0.25) is 11.6 Å². The lowest BCUT2D eigenvalue weighted by molar-refractivity contribution is -0.187. The van der Waals surface area contributed by atoms with Crippen molar-refractivity contribution >= 4 is 35.1 Å². The summed E-state index contributed by atoms with van der Waals surface area (Å²) in [5, 5.41) is 22.8. The molecule has 3 aromatic rings. The highest BCUT2D eigenvalue weighted by atomic mass is 16.5. The third-order valence-corrected chi connectivity index (χ3v) is 11.8. The van der Waals surface area contributed by atoms with Crippen molar-refractivity contribution in [1.82, 2.24) is 0 Å². The average Bonchev–Trinajstić information content (AvgIpc) is 3.27. The molecule has 5 rings (SSSR count). The highest BCUT2D eigenvalue weighted by molar-refractivity contribution is 6.01. The van der Waals surface area contributed by atoms with Crippen LogP contribution < -0.4 is 20.9 Å². The Balaban J connectivity index is 1.11. The van der Waals surface area contributed by atoms with E-state index in [0.29, 0.717) is 54.3 Å². The fraction of sp³-hybridized carbons (Fsp3) is 0.451. The van der Waals surface area contributed by atoms with Crippen LogP contribution in [-0.4, -0.2) is 66.2 Å². The van der Waals surface area contributed by atoms with Gasteiger partial charge >= 0.3 is 0 Å². The number of anilines is 2. The summed E-state index contributed by atoms with van der Waals surface area (Å²) in [5.41, 5.74) is 14.3. The number of rotatable bonds is 25. The van der Waals surface area contributed by atoms with Crippen molar-refractivity contribution in [3.8, 4) is 11.5 Å². The van der Waals surface area contributed by atoms with Crippen molar-refractivity contribution in [2.24, 2.45) is 11.8 Å². The third-order valence-electron chi connectivity index (χ3n) is 11.8. The molecule has 10 nitrogen and oxygen atoms in total. The molecule has 1 unspecified atom stereocenters. The molecule has 2 fully saturated rings. The molecule has 0 heterocycles. The van der Waals surface area contributed by atoms with Gasteiger partial charge in [0.1, 0.15) is 11.5 Å². The lowest BCUT2D eigenvalue weighted by Crippen LogP contribution is -2.44. The number of carbonyl (C=O) groups excluding carboxylic acids is 2. The number of ketones is 2. The van der Waals surface area contributed by atoms with Crippen LogP contribution in [0.5, 0.6) is 11.5 Å². The second kappa shape index (κ2) is 24.4. The van der Waals surface area contributed by atoms with Gasteiger partial charge in [0.15, 0.2) is 5.78 Å². The molecule has 0 saturated heterocycles. The summed E-state index contributed by atoms with van der Waals surface area (Å²) in [6.07, 6.45) is 22.1. The van der Waals surface area contributed by atoms with E-state index in [1.807, 2.05) is 48.6 Å². The van der Waals surface area contributed by atoms with E-state index in [-0.39, 0.29) is 11.3 Å². The normalized spacial score (nSPS) is 20.0. The summed E-state index contributed by atoms with van der Waals surface area (Å²) in [5.74, 6) is -3.36. The van der Waals surface area contributed by atoms with Crippen LogP contribution in [-0.2, 0) is 19.1 Å². The van der Waals surface area contributed by atoms with E-state index in [0.717, 1.165) is 108 Å². The molecule has 0 aliphatic heterocycles. The molecule has 0 amide bonds. The molecule has 6 N–H and O–H groups in total. The van der Waals surface area contributed by atoms with Gasteiger partial charge in [-0.15, -0.1) is 13.2 Å². The zero-order valence-electron chi connectivity index (χ0n) is 35.6. The number of ether oxygens (including phenoxy) is 4. The Morgan fingerprint density at radius 1 is 0.689 bits per heavy atom. The quantitative estimate of drug-likeness (QED) is 0.0213. The van der Waals surface area contributed by atoms with Gasteiger partial charge in [0, 0.05) is 31.0 Å². The molecule has 0 aromatic heterocycles. The lowest BCUT2D eigenvalue weighted by atomic mass is 9.82. The summed E-state index contributed by atoms with van der Waals surface area (Å²) in [7, 11) is 0. The summed E-state index contributed by atoms with van der Waals surface area (Å²) in [4.78, 5) is 26.8. The summed E-state index contributed by atoms with van der Waals surface area (Å²) in [6, 6.07) is 19.2. The number of carbonyl (C=O) groups is 2. The van der Waals surface area contributed by atoms with Crippen molar-refractivity contribution in [2.75, 3.05) is 37.9 Å². The van der Waals surface area contributed by atoms with Crippen LogP contribution in [0.15, 0.2) is 104 Å². The van der Waals surface area contributed by atoms with Gasteiger partial charge in [-0.1, -0.05) is 54.6 Å². The van der Waals surface area contributed by atoms with Gasteiger partial charge in [-0.2, -0.15) is 0 Å². The number of allylic oxidation sites excluding steroid dienone is 3. The van der Waals surface area contributed by atoms with Gasteiger partial charge in [-0.05, 0) is 154 Å². The molecular weight excluding hydrogens is 769 g/mol. The standard InChI is InChI=1S/C51H66N2O8/c1-3-5-7-31-58-43-25-14-39(15-26-43)35-60-45-21-10-37(11-22-45)9-20-42(54)34-48(47-29-19-41(52)33-49(47)53)51(56,57)50(55)30-18-38-12-23-46(24-13-38)61-36-40-16-27-44(28-17-40)59-32-8-6-4-2/h3-4,9-13,18-24,29-30,33,39-40,43-44,48,56-57H,1-2,5-8,14-17,25-28,31-32,34-36,52-53H2. The van der Waals surface area contributed by atoms with Crippen LogP contribution in [0.4, 0.5) is 11.4 Å². The number of nitrogen functional groups attached to an aromatic ring is 2. The van der Waals surface area contributed by atoms with E-state index in [4.69, 9.17) is 30.4 Å². The number of unbranched alkanes of at least 4 members (excludes halogenated alkanes) is 2. The predicted octanol–water partition coefficient (Wildman–Crippen LogP) is 9.41. The highest BCUT2D eigenvalue weighted by Crippen LogP contribution is 2.36. The summed E-state index contributed by atoms with van der Waals surface area (Å²) in [6.45, 7) is 10.3. The predicted molar refractivity (Wildman–Crippen MR) is 244 cm³/mol. The number of hydrogen-bond donors (Lipinski definition) is 4. The van der Waals surface area contributed by atoms with Gasteiger partial charge < -0.3 is 40.6 Å². The molecule has 2 aliphatic carbocycles. The van der Waals surface area contributed by atoms with Crippen molar-refractivity contribution in [3.05, 3.63) is 121 Å². The van der Waals surface area contributed by atoms with Gasteiger partial charge in [0.05, 0.1) is 31.3 Å². The first-order valence-corrected chi connectivity index (χ1v) is 22.0. The Bertz CT molecular complexity index is 1890. The molecule has 61 heavy (non-hydrogen) atoms. The van der Waals surface area contributed by atoms with Gasteiger partial charge in [-0.25, -0.2) is 0 Å². The first kappa shape index (κ1) is 47.1. The second-order valence-electron chi connectivity index (χ2n) is 16.5. The van der Waals surface area contributed by atoms with Crippen LogP contribution >= 0.6 is 0 Å². The van der Waals surface area contributed by atoms with Crippen molar-refractivity contribution < 1.29 is 38.7 Å². The zero-order chi connectivity index (χ0) is 43.5. The molecule has 0 bridgehead atoms. The van der Waals surface area contributed by atoms with E-state index >= 15 is 0 Å². The third kappa shape index (κ3) is 15.4. The van der Waals surface area contributed by atoms with E-state index in [1.165, 1.54) is 24.3 Å². The Kier molecular flexibility index (Phi) is 18.9. The van der Waals surface area contributed by atoms with Gasteiger partial charge in [0.25, 0.3) is 0 Å². The Hall–Kier alpha value is -5.00. The topological polar surface area (TPSA) is 164 Å². The minimum absolute atomic E-state index is 0.137. The first-order chi connectivity index (χ1) is 29.5. The zero-order valence-corrected chi connectivity index (χ0v) is 35.6. The summed E-state index contributed by atoms with van der Waals surface area (Å²) >= 11 is 0.